The number of rotatable bonds is 10. The van der Waals surface area contributed by atoms with E-state index in [0.29, 0.717) is 11.5 Å². The number of ether oxygens (including phenoxy) is 2. The number of nitrogens with one attached hydrogen (secondary N) is 2. The second-order valence-electron chi connectivity index (χ2n) is 7.29. The SMILES string of the molecule is CC(Oc1ccc(O)cc1)C(=O)NCCNC(=O)C(C)Oc1ccccc1C(C)C. The highest BCUT2D eigenvalue weighted by atomic mass is 16.5. The first-order chi connectivity index (χ1) is 14.3. The van der Waals surface area contributed by atoms with Crippen molar-refractivity contribution in [1.29, 1.82) is 0 Å². The Hall–Kier alpha value is -3.22. The predicted octanol–water partition coefficient (Wildman–Crippen LogP) is 2.98. The number of carbonyl (C=O) groups excluding carboxylic acids is 2. The van der Waals surface area contributed by atoms with Crippen LogP contribution in [0.3, 0.4) is 0 Å². The fraction of sp³-hybridized carbons (Fsp3) is 0.391. The molecular weight excluding hydrogens is 384 g/mol. The van der Waals surface area contributed by atoms with Gasteiger partial charge >= 0.3 is 0 Å². The van der Waals surface area contributed by atoms with Crippen molar-refractivity contribution in [3.63, 3.8) is 0 Å². The highest BCUT2D eigenvalue weighted by molar-refractivity contribution is 5.82. The Morgan fingerprint density at radius 1 is 0.833 bits per heavy atom. The summed E-state index contributed by atoms with van der Waals surface area (Å²) in [5, 5.41) is 14.7. The smallest absolute Gasteiger partial charge is 0.260 e. The fourth-order valence-corrected chi connectivity index (χ4v) is 2.75. The molecule has 0 fully saturated rings. The fourth-order valence-electron chi connectivity index (χ4n) is 2.75. The Morgan fingerprint density at radius 2 is 1.37 bits per heavy atom. The average molecular weight is 415 g/mol. The molecule has 0 aromatic heterocycles. The van der Waals surface area contributed by atoms with E-state index in [9.17, 15) is 14.7 Å². The summed E-state index contributed by atoms with van der Waals surface area (Å²) in [5.74, 6) is 1.04. The summed E-state index contributed by atoms with van der Waals surface area (Å²) in [6.07, 6.45) is -1.36. The summed E-state index contributed by atoms with van der Waals surface area (Å²) in [7, 11) is 0. The number of benzene rings is 2. The molecule has 162 valence electrons. The van der Waals surface area contributed by atoms with Gasteiger partial charge in [0.25, 0.3) is 11.8 Å². The first-order valence-electron chi connectivity index (χ1n) is 10.0. The van der Waals surface area contributed by atoms with E-state index >= 15 is 0 Å². The van der Waals surface area contributed by atoms with Crippen molar-refractivity contribution >= 4 is 11.8 Å². The van der Waals surface area contributed by atoms with E-state index in [2.05, 4.69) is 24.5 Å². The molecule has 2 atom stereocenters. The average Bonchev–Trinajstić information content (AvgIpc) is 2.72. The van der Waals surface area contributed by atoms with Crippen LogP contribution in [0.4, 0.5) is 0 Å². The highest BCUT2D eigenvalue weighted by Gasteiger charge is 2.18. The summed E-state index contributed by atoms with van der Waals surface area (Å²) in [4.78, 5) is 24.4. The molecule has 0 aliphatic heterocycles. The van der Waals surface area contributed by atoms with Gasteiger partial charge in [-0.05, 0) is 55.7 Å². The monoisotopic (exact) mass is 414 g/mol. The van der Waals surface area contributed by atoms with Crippen LogP contribution in [-0.4, -0.2) is 42.2 Å². The Bertz CT molecular complexity index is 836. The lowest BCUT2D eigenvalue weighted by molar-refractivity contribution is -0.129. The van der Waals surface area contributed by atoms with Crippen LogP contribution >= 0.6 is 0 Å². The first kappa shape index (κ1) is 23.1. The molecule has 0 radical (unpaired) electrons. The van der Waals surface area contributed by atoms with Gasteiger partial charge in [-0.15, -0.1) is 0 Å². The zero-order chi connectivity index (χ0) is 22.1. The topological polar surface area (TPSA) is 96.9 Å². The first-order valence-corrected chi connectivity index (χ1v) is 10.0. The van der Waals surface area contributed by atoms with Gasteiger partial charge in [0.2, 0.25) is 0 Å². The van der Waals surface area contributed by atoms with Crippen molar-refractivity contribution in [2.24, 2.45) is 0 Å². The van der Waals surface area contributed by atoms with E-state index in [0.717, 1.165) is 5.56 Å². The molecule has 2 amide bonds. The number of amides is 2. The molecule has 2 aromatic carbocycles. The summed E-state index contributed by atoms with van der Waals surface area (Å²) < 4.78 is 11.3. The largest absolute Gasteiger partial charge is 0.508 e. The minimum atomic E-state index is -0.708. The molecule has 3 N–H and O–H groups in total. The maximum Gasteiger partial charge on any atom is 0.260 e. The number of aromatic hydroxyl groups is 1. The summed E-state index contributed by atoms with van der Waals surface area (Å²) >= 11 is 0. The third-order valence-corrected chi connectivity index (χ3v) is 4.46. The lowest BCUT2D eigenvalue weighted by Crippen LogP contribution is -2.43. The maximum absolute atomic E-state index is 12.3. The Labute approximate surface area is 177 Å². The van der Waals surface area contributed by atoms with Crippen LogP contribution in [0.15, 0.2) is 48.5 Å². The zero-order valence-corrected chi connectivity index (χ0v) is 17.8. The second kappa shape index (κ2) is 11.1. The molecule has 0 aliphatic rings. The van der Waals surface area contributed by atoms with E-state index < -0.39 is 12.2 Å². The van der Waals surface area contributed by atoms with Crippen LogP contribution in [0.1, 0.15) is 39.2 Å². The third-order valence-electron chi connectivity index (χ3n) is 4.46. The minimum Gasteiger partial charge on any atom is -0.508 e. The van der Waals surface area contributed by atoms with Gasteiger partial charge in [-0.25, -0.2) is 0 Å². The minimum absolute atomic E-state index is 0.126. The third kappa shape index (κ3) is 6.99. The molecule has 0 saturated heterocycles. The van der Waals surface area contributed by atoms with E-state index in [1.54, 1.807) is 26.0 Å². The molecule has 2 unspecified atom stereocenters. The molecule has 30 heavy (non-hydrogen) atoms. The second-order valence-corrected chi connectivity index (χ2v) is 7.29. The molecular formula is C23H30N2O5. The normalized spacial score (nSPS) is 12.7. The zero-order valence-electron chi connectivity index (χ0n) is 17.8. The van der Waals surface area contributed by atoms with Gasteiger partial charge in [0.1, 0.15) is 17.2 Å². The predicted molar refractivity (Wildman–Crippen MR) is 115 cm³/mol. The van der Waals surface area contributed by atoms with Gasteiger partial charge in [-0.2, -0.15) is 0 Å². The van der Waals surface area contributed by atoms with Crippen molar-refractivity contribution in [1.82, 2.24) is 10.6 Å². The Morgan fingerprint density at radius 3 is 1.93 bits per heavy atom. The highest BCUT2D eigenvalue weighted by Crippen LogP contribution is 2.26. The molecule has 2 aromatic rings. The van der Waals surface area contributed by atoms with Gasteiger partial charge < -0.3 is 25.2 Å². The quantitative estimate of drug-likeness (QED) is 0.520. The lowest BCUT2D eigenvalue weighted by Gasteiger charge is -2.19. The number of phenolic OH excluding ortho intramolecular Hbond substituents is 1. The molecule has 7 nitrogen and oxygen atoms in total. The van der Waals surface area contributed by atoms with Crippen molar-refractivity contribution in [3.8, 4) is 17.2 Å². The molecule has 0 saturated carbocycles. The van der Waals surface area contributed by atoms with Crippen LogP contribution in [-0.2, 0) is 9.59 Å². The number of hydrogen-bond acceptors (Lipinski definition) is 5. The van der Waals surface area contributed by atoms with Crippen molar-refractivity contribution in [2.45, 2.75) is 45.8 Å². The number of hydrogen-bond donors (Lipinski definition) is 3. The van der Waals surface area contributed by atoms with Crippen LogP contribution < -0.4 is 20.1 Å². The maximum atomic E-state index is 12.3. The standard InChI is InChI=1S/C23H30N2O5/c1-15(2)20-7-5-6-8-21(20)30-17(4)23(28)25-14-13-24-22(27)16(3)29-19-11-9-18(26)10-12-19/h5-12,15-17,26H,13-14H2,1-4H3,(H,24,27)(H,25,28). The van der Waals surface area contributed by atoms with Crippen molar-refractivity contribution in [2.75, 3.05) is 13.1 Å². The Kier molecular flexibility index (Phi) is 8.53. The number of para-hydroxylation sites is 1. The molecule has 2 rings (SSSR count). The van der Waals surface area contributed by atoms with Crippen molar-refractivity contribution < 1.29 is 24.2 Å². The van der Waals surface area contributed by atoms with Gasteiger partial charge in [0, 0.05) is 13.1 Å². The van der Waals surface area contributed by atoms with Crippen LogP contribution in [0.25, 0.3) is 0 Å². The number of carbonyl (C=O) groups is 2. The van der Waals surface area contributed by atoms with Gasteiger partial charge in [-0.1, -0.05) is 32.0 Å². The van der Waals surface area contributed by atoms with Crippen LogP contribution in [0.2, 0.25) is 0 Å². The van der Waals surface area contributed by atoms with Crippen LogP contribution in [0, 0.1) is 0 Å². The Balaban J connectivity index is 1.72. The van der Waals surface area contributed by atoms with E-state index in [4.69, 9.17) is 9.47 Å². The molecule has 0 spiro atoms. The van der Waals surface area contributed by atoms with Crippen molar-refractivity contribution in [3.05, 3.63) is 54.1 Å². The van der Waals surface area contributed by atoms with Gasteiger partial charge in [0.15, 0.2) is 12.2 Å². The molecule has 0 heterocycles. The summed E-state index contributed by atoms with van der Waals surface area (Å²) in [6, 6.07) is 13.8. The van der Waals surface area contributed by atoms with E-state index in [1.165, 1.54) is 12.1 Å². The molecule has 0 aliphatic carbocycles. The lowest BCUT2D eigenvalue weighted by atomic mass is 10.0. The van der Waals surface area contributed by atoms with E-state index in [1.807, 2.05) is 24.3 Å². The summed E-state index contributed by atoms with van der Waals surface area (Å²) in [5.41, 5.74) is 1.05. The van der Waals surface area contributed by atoms with Crippen LogP contribution in [0.5, 0.6) is 17.2 Å². The number of phenols is 1. The van der Waals surface area contributed by atoms with Gasteiger partial charge in [-0.3, -0.25) is 9.59 Å². The summed E-state index contributed by atoms with van der Waals surface area (Å²) in [6.45, 7) is 8.00. The molecule has 7 heteroatoms. The van der Waals surface area contributed by atoms with Gasteiger partial charge in [0.05, 0.1) is 0 Å². The van der Waals surface area contributed by atoms with E-state index in [-0.39, 0.29) is 36.6 Å². The molecule has 0 bridgehead atoms.